The molecule has 6 nitrogen and oxygen atoms in total. The van der Waals surface area contributed by atoms with Gasteiger partial charge in [0.25, 0.3) is 0 Å². The minimum atomic E-state index is -3.65. The molecule has 0 spiro atoms. The Bertz CT molecular complexity index is 1710. The normalized spacial score (nSPS) is 18.3. The number of fused-ring (bicyclic) bond motifs is 3. The SMILES string of the molecule is CNS(=O)(=O)c1ccc2c(c1)C(C1C(Cc3ccc(OC)c4ccccc34)=Cc3ccccc31)C(=O)N2. The van der Waals surface area contributed by atoms with Gasteiger partial charge in [0.2, 0.25) is 15.9 Å². The molecule has 2 atom stereocenters. The molecular formula is C30H26N2O4S. The third-order valence-electron chi connectivity index (χ3n) is 7.47. The van der Waals surface area contributed by atoms with Crippen LogP contribution in [-0.4, -0.2) is 28.5 Å². The van der Waals surface area contributed by atoms with Crippen molar-refractivity contribution in [2.45, 2.75) is 23.2 Å². The van der Waals surface area contributed by atoms with Gasteiger partial charge in [-0.3, -0.25) is 4.79 Å². The summed E-state index contributed by atoms with van der Waals surface area (Å²) in [7, 11) is -0.595. The first-order valence-electron chi connectivity index (χ1n) is 12.1. The lowest BCUT2D eigenvalue weighted by Crippen LogP contribution is -2.21. The van der Waals surface area contributed by atoms with Gasteiger partial charge in [0, 0.05) is 17.0 Å². The fourth-order valence-electron chi connectivity index (χ4n) is 5.73. The van der Waals surface area contributed by atoms with Crippen LogP contribution in [0.2, 0.25) is 0 Å². The molecule has 4 aromatic carbocycles. The number of amides is 1. The summed E-state index contributed by atoms with van der Waals surface area (Å²) < 4.78 is 33.1. The quantitative estimate of drug-likeness (QED) is 0.373. The Hall–Kier alpha value is -3.94. The number of sulfonamides is 1. The molecule has 0 saturated carbocycles. The summed E-state index contributed by atoms with van der Waals surface area (Å²) in [6, 6.07) is 25.2. The van der Waals surface area contributed by atoms with Gasteiger partial charge >= 0.3 is 0 Å². The molecule has 1 amide bonds. The smallest absolute Gasteiger partial charge is 0.240 e. The van der Waals surface area contributed by atoms with E-state index in [-0.39, 0.29) is 16.7 Å². The molecule has 4 aromatic rings. The summed E-state index contributed by atoms with van der Waals surface area (Å²) in [5.74, 6) is -0.0598. The number of carbonyl (C=O) groups is 1. The summed E-state index contributed by atoms with van der Waals surface area (Å²) >= 11 is 0. The minimum absolute atomic E-state index is 0.124. The van der Waals surface area contributed by atoms with E-state index < -0.39 is 15.9 Å². The number of nitrogens with one attached hydrogen (secondary N) is 2. The van der Waals surface area contributed by atoms with Crippen molar-refractivity contribution in [3.63, 3.8) is 0 Å². The second kappa shape index (κ2) is 8.87. The molecule has 0 radical (unpaired) electrons. The third kappa shape index (κ3) is 3.82. The van der Waals surface area contributed by atoms with Crippen LogP contribution in [0.15, 0.2) is 89.3 Å². The second-order valence-electron chi connectivity index (χ2n) is 9.40. The maximum Gasteiger partial charge on any atom is 0.240 e. The summed E-state index contributed by atoms with van der Waals surface area (Å²) in [5, 5.41) is 5.13. The lowest BCUT2D eigenvalue weighted by Gasteiger charge is -2.24. The average Bonchev–Trinajstić information content (AvgIpc) is 3.43. The zero-order valence-electron chi connectivity index (χ0n) is 20.5. The molecular weight excluding hydrogens is 484 g/mol. The summed E-state index contributed by atoms with van der Waals surface area (Å²) in [4.78, 5) is 13.6. The van der Waals surface area contributed by atoms with Crippen LogP contribution in [0.4, 0.5) is 5.69 Å². The van der Waals surface area contributed by atoms with Gasteiger partial charge in [0.1, 0.15) is 5.75 Å². The summed E-state index contributed by atoms with van der Waals surface area (Å²) in [6.45, 7) is 0. The number of rotatable bonds is 6. The van der Waals surface area contributed by atoms with E-state index in [1.807, 2.05) is 30.3 Å². The lowest BCUT2D eigenvalue weighted by molar-refractivity contribution is -0.117. The molecule has 2 aliphatic rings. The lowest BCUT2D eigenvalue weighted by atomic mass is 9.78. The molecule has 2 N–H and O–H groups in total. The van der Waals surface area contributed by atoms with Crippen LogP contribution < -0.4 is 14.8 Å². The molecule has 0 saturated heterocycles. The standard InChI is InChI=1S/C30H26N2O4S/c1-31-37(34,35)21-12-13-26-25(17-21)29(30(33)32-26)28-20(15-18-7-3-4-9-23(18)28)16-19-11-14-27(36-2)24-10-6-5-8-22(19)24/h3-15,17,28-29,31H,16H2,1-2H3,(H,32,33). The van der Waals surface area contributed by atoms with E-state index in [1.165, 1.54) is 13.1 Å². The van der Waals surface area contributed by atoms with Crippen LogP contribution >= 0.6 is 0 Å². The highest BCUT2D eigenvalue weighted by Crippen LogP contribution is 2.51. The van der Waals surface area contributed by atoms with Gasteiger partial charge in [-0.2, -0.15) is 0 Å². The molecule has 6 rings (SSSR count). The van der Waals surface area contributed by atoms with Gasteiger partial charge < -0.3 is 10.1 Å². The Kier molecular flexibility index (Phi) is 5.62. The summed E-state index contributed by atoms with van der Waals surface area (Å²) in [5.41, 5.74) is 5.78. The van der Waals surface area contributed by atoms with Crippen molar-refractivity contribution in [2.75, 3.05) is 19.5 Å². The maximum absolute atomic E-state index is 13.4. The first-order chi connectivity index (χ1) is 17.9. The van der Waals surface area contributed by atoms with E-state index in [2.05, 4.69) is 46.4 Å². The van der Waals surface area contributed by atoms with Crippen LogP contribution in [0.25, 0.3) is 16.8 Å². The highest BCUT2D eigenvalue weighted by molar-refractivity contribution is 7.89. The number of benzene rings is 4. The number of hydrogen-bond acceptors (Lipinski definition) is 4. The fraction of sp³-hybridized carbons (Fsp3) is 0.167. The molecule has 0 aromatic heterocycles. The monoisotopic (exact) mass is 510 g/mol. The summed E-state index contributed by atoms with van der Waals surface area (Å²) in [6.07, 6.45) is 2.83. The molecule has 1 aliphatic carbocycles. The Balaban J connectivity index is 1.47. The largest absolute Gasteiger partial charge is 0.496 e. The molecule has 0 bridgehead atoms. The van der Waals surface area contributed by atoms with E-state index in [4.69, 9.17) is 4.74 Å². The molecule has 0 fully saturated rings. The minimum Gasteiger partial charge on any atom is -0.496 e. The van der Waals surface area contributed by atoms with Crippen molar-refractivity contribution in [3.8, 4) is 5.75 Å². The van der Waals surface area contributed by atoms with Crippen LogP contribution in [0.3, 0.4) is 0 Å². The third-order valence-corrected chi connectivity index (χ3v) is 8.88. The first-order valence-corrected chi connectivity index (χ1v) is 13.6. The van der Waals surface area contributed by atoms with Crippen molar-refractivity contribution in [1.29, 1.82) is 0 Å². The molecule has 7 heteroatoms. The van der Waals surface area contributed by atoms with Crippen LogP contribution in [0, 0.1) is 0 Å². The maximum atomic E-state index is 13.4. The van der Waals surface area contributed by atoms with Gasteiger partial charge in [-0.25, -0.2) is 13.1 Å². The van der Waals surface area contributed by atoms with E-state index in [0.29, 0.717) is 17.7 Å². The topological polar surface area (TPSA) is 84.5 Å². The van der Waals surface area contributed by atoms with Gasteiger partial charge in [0.05, 0.1) is 17.9 Å². The zero-order valence-corrected chi connectivity index (χ0v) is 21.3. The molecule has 2 unspecified atom stereocenters. The number of carbonyl (C=O) groups excluding carboxylic acids is 1. The van der Waals surface area contributed by atoms with Crippen LogP contribution in [0.1, 0.15) is 34.1 Å². The number of allylic oxidation sites excluding steroid dienone is 1. The Morgan fingerprint density at radius 2 is 1.65 bits per heavy atom. The van der Waals surface area contributed by atoms with Crippen molar-refractivity contribution in [2.24, 2.45) is 0 Å². The Morgan fingerprint density at radius 3 is 2.43 bits per heavy atom. The molecule has 37 heavy (non-hydrogen) atoms. The average molecular weight is 511 g/mol. The second-order valence-corrected chi connectivity index (χ2v) is 11.3. The number of hydrogen-bond donors (Lipinski definition) is 2. The van der Waals surface area contributed by atoms with E-state index in [9.17, 15) is 13.2 Å². The molecule has 1 aliphatic heterocycles. The zero-order chi connectivity index (χ0) is 25.7. The van der Waals surface area contributed by atoms with E-state index in [1.54, 1.807) is 19.2 Å². The van der Waals surface area contributed by atoms with Gasteiger partial charge in [0.15, 0.2) is 0 Å². The van der Waals surface area contributed by atoms with Gasteiger partial charge in [-0.1, -0.05) is 66.2 Å². The number of anilines is 1. The van der Waals surface area contributed by atoms with Gasteiger partial charge in [-0.15, -0.1) is 0 Å². The first kappa shape index (κ1) is 23.5. The van der Waals surface area contributed by atoms with Crippen LogP contribution in [0.5, 0.6) is 5.75 Å². The number of ether oxygens (including phenoxy) is 1. The van der Waals surface area contributed by atoms with Gasteiger partial charge in [-0.05, 0) is 65.4 Å². The van der Waals surface area contributed by atoms with E-state index >= 15 is 0 Å². The Morgan fingerprint density at radius 1 is 0.892 bits per heavy atom. The van der Waals surface area contributed by atoms with Crippen molar-refractivity contribution < 1.29 is 17.9 Å². The van der Waals surface area contributed by atoms with Crippen molar-refractivity contribution in [1.82, 2.24) is 4.72 Å². The van der Waals surface area contributed by atoms with Crippen LogP contribution in [-0.2, 0) is 21.2 Å². The van der Waals surface area contributed by atoms with Crippen molar-refractivity contribution in [3.05, 3.63) is 107 Å². The Labute approximate surface area is 216 Å². The fourth-order valence-corrected chi connectivity index (χ4v) is 6.50. The highest BCUT2D eigenvalue weighted by atomic mass is 32.2. The number of methoxy groups -OCH3 is 1. The highest BCUT2D eigenvalue weighted by Gasteiger charge is 2.42. The predicted molar refractivity (Wildman–Crippen MR) is 145 cm³/mol. The molecule has 186 valence electrons. The van der Waals surface area contributed by atoms with Crippen molar-refractivity contribution >= 4 is 38.5 Å². The van der Waals surface area contributed by atoms with E-state index in [0.717, 1.165) is 38.8 Å². The molecule has 1 heterocycles. The predicted octanol–water partition coefficient (Wildman–Crippen LogP) is 5.22.